The van der Waals surface area contributed by atoms with Crippen LogP contribution in [-0.2, 0) is 9.59 Å². The van der Waals surface area contributed by atoms with Crippen LogP contribution in [0.15, 0.2) is 59.1 Å². The van der Waals surface area contributed by atoms with E-state index in [1.54, 1.807) is 38.6 Å². The highest BCUT2D eigenvalue weighted by atomic mass is 16.5. The zero-order valence-electron chi connectivity index (χ0n) is 20.5. The topological polar surface area (TPSA) is 89.6 Å². The number of allylic oxidation sites excluding steroid dienone is 3. The fourth-order valence-corrected chi connectivity index (χ4v) is 4.84. The van der Waals surface area contributed by atoms with Crippen LogP contribution in [0.5, 0.6) is 11.5 Å². The molecule has 1 amide bonds. The zero-order valence-corrected chi connectivity index (χ0v) is 20.5. The van der Waals surface area contributed by atoms with Crippen molar-refractivity contribution in [2.45, 2.75) is 46.5 Å². The van der Waals surface area contributed by atoms with E-state index in [1.807, 2.05) is 26.0 Å². The van der Waals surface area contributed by atoms with Crippen molar-refractivity contribution in [2.75, 3.05) is 19.5 Å². The van der Waals surface area contributed by atoms with Crippen molar-refractivity contribution < 1.29 is 19.1 Å². The fourth-order valence-electron chi connectivity index (χ4n) is 4.84. The molecular weight excluding hydrogens is 430 g/mol. The minimum absolute atomic E-state index is 0.0277. The molecule has 178 valence electrons. The summed E-state index contributed by atoms with van der Waals surface area (Å²) in [4.78, 5) is 31.5. The molecule has 0 bridgehead atoms. The highest BCUT2D eigenvalue weighted by molar-refractivity contribution is 6.09. The molecule has 0 radical (unpaired) electrons. The second kappa shape index (κ2) is 8.97. The Morgan fingerprint density at radius 1 is 1.12 bits per heavy atom. The largest absolute Gasteiger partial charge is 0.497 e. The Hall–Kier alpha value is -3.61. The normalized spacial score (nSPS) is 19.4. The summed E-state index contributed by atoms with van der Waals surface area (Å²) < 4.78 is 11.1. The van der Waals surface area contributed by atoms with Gasteiger partial charge in [-0.25, -0.2) is 4.98 Å². The van der Waals surface area contributed by atoms with Gasteiger partial charge >= 0.3 is 0 Å². The van der Waals surface area contributed by atoms with E-state index in [4.69, 9.17) is 9.47 Å². The number of Topliss-reactive ketones (excluding diaryl/α,β-unsaturated/α-hetero) is 1. The number of nitrogens with zero attached hydrogens (tertiary/aromatic N) is 1. The fraction of sp³-hybridized carbons (Fsp3) is 0.370. The SMILES string of the molecule is COc1ccc(OC)c([C@@H]2C(C(=O)Nc3ccc(C)cn3)=C(C)NC3=C2C(=O)CC(C)(C)C3)c1. The second-order valence-corrected chi connectivity index (χ2v) is 9.71. The summed E-state index contributed by atoms with van der Waals surface area (Å²) in [6.07, 6.45) is 2.82. The maximum atomic E-state index is 13.7. The molecule has 0 saturated carbocycles. The Bertz CT molecular complexity index is 1210. The Morgan fingerprint density at radius 3 is 2.53 bits per heavy atom. The molecule has 2 aromatic rings. The first kappa shape index (κ1) is 23.5. The summed E-state index contributed by atoms with van der Waals surface area (Å²) in [5, 5.41) is 6.29. The number of anilines is 1. The van der Waals surface area contributed by atoms with Gasteiger partial charge in [0.15, 0.2) is 5.78 Å². The van der Waals surface area contributed by atoms with E-state index < -0.39 is 5.92 Å². The summed E-state index contributed by atoms with van der Waals surface area (Å²) in [6, 6.07) is 9.10. The molecule has 1 aliphatic heterocycles. The molecule has 0 spiro atoms. The van der Waals surface area contributed by atoms with Crippen LogP contribution in [0.3, 0.4) is 0 Å². The molecule has 7 heteroatoms. The van der Waals surface area contributed by atoms with Gasteiger partial charge < -0.3 is 20.1 Å². The van der Waals surface area contributed by atoms with Gasteiger partial charge in [-0.15, -0.1) is 0 Å². The number of benzene rings is 1. The first-order valence-electron chi connectivity index (χ1n) is 11.3. The molecule has 34 heavy (non-hydrogen) atoms. The third kappa shape index (κ3) is 4.42. The molecule has 2 aliphatic rings. The number of hydrogen-bond donors (Lipinski definition) is 2. The Kier molecular flexibility index (Phi) is 6.21. The van der Waals surface area contributed by atoms with Gasteiger partial charge in [-0.1, -0.05) is 19.9 Å². The number of pyridine rings is 1. The Labute approximate surface area is 200 Å². The molecule has 0 saturated heterocycles. The van der Waals surface area contributed by atoms with E-state index in [2.05, 4.69) is 29.5 Å². The van der Waals surface area contributed by atoms with Crippen LogP contribution in [0.2, 0.25) is 0 Å². The van der Waals surface area contributed by atoms with E-state index in [0.29, 0.717) is 52.6 Å². The first-order valence-corrected chi connectivity index (χ1v) is 11.3. The molecule has 1 aliphatic carbocycles. The van der Waals surface area contributed by atoms with Crippen LogP contribution in [0.4, 0.5) is 5.82 Å². The van der Waals surface area contributed by atoms with E-state index in [0.717, 1.165) is 11.3 Å². The monoisotopic (exact) mass is 461 g/mol. The molecule has 7 nitrogen and oxygen atoms in total. The van der Waals surface area contributed by atoms with Gasteiger partial charge in [-0.3, -0.25) is 9.59 Å². The number of aryl methyl sites for hydroxylation is 1. The minimum Gasteiger partial charge on any atom is -0.497 e. The average Bonchev–Trinajstić information content (AvgIpc) is 2.78. The minimum atomic E-state index is -0.602. The van der Waals surface area contributed by atoms with E-state index in [9.17, 15) is 9.59 Å². The van der Waals surface area contributed by atoms with Crippen molar-refractivity contribution >= 4 is 17.5 Å². The van der Waals surface area contributed by atoms with Gasteiger partial charge in [-0.2, -0.15) is 0 Å². The highest BCUT2D eigenvalue weighted by Crippen LogP contribution is 2.49. The maximum absolute atomic E-state index is 13.7. The number of aromatic nitrogens is 1. The predicted octanol–water partition coefficient (Wildman–Crippen LogP) is 4.65. The summed E-state index contributed by atoms with van der Waals surface area (Å²) in [7, 11) is 3.17. The van der Waals surface area contributed by atoms with E-state index in [-0.39, 0.29) is 17.1 Å². The number of dihydropyridines is 1. The lowest BCUT2D eigenvalue weighted by molar-refractivity contribution is -0.118. The Morgan fingerprint density at radius 2 is 1.88 bits per heavy atom. The van der Waals surface area contributed by atoms with Crippen LogP contribution < -0.4 is 20.1 Å². The number of carbonyl (C=O) groups excluding carboxylic acids is 2. The second-order valence-electron chi connectivity index (χ2n) is 9.71. The molecule has 1 aromatic carbocycles. The highest BCUT2D eigenvalue weighted by Gasteiger charge is 2.43. The number of amides is 1. The van der Waals surface area contributed by atoms with Crippen molar-refractivity contribution in [2.24, 2.45) is 5.41 Å². The number of hydrogen-bond acceptors (Lipinski definition) is 6. The van der Waals surface area contributed by atoms with Crippen molar-refractivity contribution in [1.82, 2.24) is 10.3 Å². The number of methoxy groups -OCH3 is 2. The van der Waals surface area contributed by atoms with Crippen LogP contribution in [-0.4, -0.2) is 30.9 Å². The van der Waals surface area contributed by atoms with Crippen LogP contribution >= 0.6 is 0 Å². The number of rotatable bonds is 5. The lowest BCUT2D eigenvalue weighted by atomic mass is 9.68. The number of ketones is 1. The molecule has 0 unspecified atom stereocenters. The predicted molar refractivity (Wildman–Crippen MR) is 131 cm³/mol. The van der Waals surface area contributed by atoms with E-state index >= 15 is 0 Å². The Balaban J connectivity index is 1.87. The first-order chi connectivity index (χ1) is 16.1. The summed E-state index contributed by atoms with van der Waals surface area (Å²) in [5.41, 5.74) is 4.17. The van der Waals surface area contributed by atoms with Gasteiger partial charge in [0.05, 0.1) is 20.1 Å². The van der Waals surface area contributed by atoms with Crippen molar-refractivity contribution in [3.05, 3.63) is 70.2 Å². The standard InChI is InChI=1S/C27H31N3O4/c1-15-7-10-22(28-14-15)30-26(32)23-16(2)29-19-12-27(3,4)13-20(31)25(19)24(23)18-11-17(33-5)8-9-21(18)34-6/h7-11,14,24,29H,12-13H2,1-6H3,(H,28,30,32)/t24-/m1/s1. The van der Waals surface area contributed by atoms with Gasteiger partial charge in [-0.05, 0) is 55.5 Å². The molecule has 4 rings (SSSR count). The lowest BCUT2D eigenvalue weighted by Gasteiger charge is -2.40. The van der Waals surface area contributed by atoms with Crippen molar-refractivity contribution in [3.8, 4) is 11.5 Å². The molecule has 0 fully saturated rings. The van der Waals surface area contributed by atoms with Crippen molar-refractivity contribution in [3.63, 3.8) is 0 Å². The molecule has 2 N–H and O–H groups in total. The maximum Gasteiger partial charge on any atom is 0.255 e. The molecule has 1 atom stereocenters. The zero-order chi connectivity index (χ0) is 24.6. The average molecular weight is 462 g/mol. The van der Waals surface area contributed by atoms with Gasteiger partial charge in [0.2, 0.25) is 0 Å². The van der Waals surface area contributed by atoms with E-state index in [1.165, 1.54) is 0 Å². The lowest BCUT2D eigenvalue weighted by Crippen LogP contribution is -2.39. The smallest absolute Gasteiger partial charge is 0.255 e. The third-order valence-electron chi connectivity index (χ3n) is 6.39. The number of ether oxygens (including phenoxy) is 2. The molecule has 1 aromatic heterocycles. The van der Waals surface area contributed by atoms with Crippen molar-refractivity contribution in [1.29, 1.82) is 0 Å². The third-order valence-corrected chi connectivity index (χ3v) is 6.39. The number of nitrogens with one attached hydrogen (secondary N) is 2. The quantitative estimate of drug-likeness (QED) is 0.674. The van der Waals surface area contributed by atoms with Crippen LogP contribution in [0.25, 0.3) is 0 Å². The van der Waals surface area contributed by atoms with Gasteiger partial charge in [0.1, 0.15) is 17.3 Å². The van der Waals surface area contributed by atoms with Gasteiger partial charge in [0.25, 0.3) is 5.91 Å². The van der Waals surface area contributed by atoms with Crippen LogP contribution in [0.1, 0.15) is 50.7 Å². The van der Waals surface area contributed by atoms with Crippen LogP contribution in [0, 0.1) is 12.3 Å². The summed E-state index contributed by atoms with van der Waals surface area (Å²) >= 11 is 0. The molecule has 2 heterocycles. The molecular formula is C27H31N3O4. The summed E-state index contributed by atoms with van der Waals surface area (Å²) in [5.74, 6) is 0.764. The number of carbonyl (C=O) groups is 2. The van der Waals surface area contributed by atoms with Gasteiger partial charge in [0, 0.05) is 40.7 Å². The summed E-state index contributed by atoms with van der Waals surface area (Å²) in [6.45, 7) is 7.97.